The minimum absolute atomic E-state index is 1.18. The van der Waals surface area contributed by atoms with Crippen LogP contribution in [0.2, 0.25) is 0 Å². The summed E-state index contributed by atoms with van der Waals surface area (Å²) in [6.45, 7) is 4.30. The molecule has 0 amide bonds. The van der Waals surface area contributed by atoms with E-state index in [4.69, 9.17) is 0 Å². The number of fused-ring (bicyclic) bond motifs is 2. The van der Waals surface area contributed by atoms with Crippen LogP contribution in [0.25, 0.3) is 33.1 Å². The molecule has 0 atom stereocenters. The van der Waals surface area contributed by atoms with Gasteiger partial charge in [0.1, 0.15) is 0 Å². The fourth-order valence-corrected chi connectivity index (χ4v) is 2.97. The molecular formula is C18H16N2. The van der Waals surface area contributed by atoms with Crippen molar-refractivity contribution in [1.82, 2.24) is 9.97 Å². The van der Waals surface area contributed by atoms with Crippen LogP contribution >= 0.6 is 0 Å². The summed E-state index contributed by atoms with van der Waals surface area (Å²) in [5, 5.41) is 2.53. The van der Waals surface area contributed by atoms with Gasteiger partial charge in [-0.3, -0.25) is 0 Å². The number of benzene rings is 2. The highest BCUT2D eigenvalue weighted by Crippen LogP contribution is 2.30. The standard InChI is InChI=1S/C18H16N2/c1-11-3-6-16-14(9-11)10-17(20-16)15-5-4-13-7-8-19-18(13)12(15)2/h3-10,19-20H,1-2H3. The van der Waals surface area contributed by atoms with Crippen molar-refractivity contribution in [3.8, 4) is 11.3 Å². The molecule has 2 heterocycles. The molecule has 0 spiro atoms. The zero-order valence-corrected chi connectivity index (χ0v) is 11.6. The van der Waals surface area contributed by atoms with Gasteiger partial charge < -0.3 is 9.97 Å². The lowest BCUT2D eigenvalue weighted by Gasteiger charge is -2.05. The fourth-order valence-electron chi connectivity index (χ4n) is 2.97. The Bertz CT molecular complexity index is 925. The molecule has 2 heteroatoms. The zero-order valence-electron chi connectivity index (χ0n) is 11.6. The third kappa shape index (κ3) is 1.58. The average Bonchev–Trinajstić information content (AvgIpc) is 3.04. The van der Waals surface area contributed by atoms with Crippen molar-refractivity contribution < 1.29 is 0 Å². The Morgan fingerprint density at radius 1 is 0.850 bits per heavy atom. The first-order valence-electron chi connectivity index (χ1n) is 6.89. The molecule has 0 saturated heterocycles. The van der Waals surface area contributed by atoms with Crippen LogP contribution in [0.5, 0.6) is 0 Å². The molecule has 4 aromatic rings. The van der Waals surface area contributed by atoms with Crippen molar-refractivity contribution in [3.05, 3.63) is 59.8 Å². The van der Waals surface area contributed by atoms with Crippen LogP contribution in [0, 0.1) is 13.8 Å². The van der Waals surface area contributed by atoms with E-state index in [0.29, 0.717) is 0 Å². The van der Waals surface area contributed by atoms with Crippen molar-refractivity contribution >= 4 is 21.8 Å². The van der Waals surface area contributed by atoms with E-state index in [2.05, 4.69) is 66.3 Å². The number of rotatable bonds is 1. The molecule has 20 heavy (non-hydrogen) atoms. The van der Waals surface area contributed by atoms with Gasteiger partial charge in [0.05, 0.1) is 0 Å². The van der Waals surface area contributed by atoms with Crippen molar-refractivity contribution in [3.63, 3.8) is 0 Å². The van der Waals surface area contributed by atoms with Crippen molar-refractivity contribution in [1.29, 1.82) is 0 Å². The van der Waals surface area contributed by atoms with E-state index in [1.54, 1.807) is 0 Å². The van der Waals surface area contributed by atoms with Gasteiger partial charge in [0.2, 0.25) is 0 Å². The Morgan fingerprint density at radius 3 is 2.65 bits per heavy atom. The molecule has 2 aromatic heterocycles. The largest absolute Gasteiger partial charge is 0.361 e. The molecule has 0 unspecified atom stereocenters. The van der Waals surface area contributed by atoms with Gasteiger partial charge >= 0.3 is 0 Å². The van der Waals surface area contributed by atoms with Crippen LogP contribution in [0.15, 0.2) is 48.7 Å². The van der Waals surface area contributed by atoms with Gasteiger partial charge in [-0.25, -0.2) is 0 Å². The van der Waals surface area contributed by atoms with Crippen LogP contribution < -0.4 is 0 Å². The average molecular weight is 260 g/mol. The molecule has 2 N–H and O–H groups in total. The van der Waals surface area contributed by atoms with E-state index in [1.165, 1.54) is 44.2 Å². The highest BCUT2D eigenvalue weighted by molar-refractivity contribution is 5.92. The van der Waals surface area contributed by atoms with Gasteiger partial charge in [-0.1, -0.05) is 23.8 Å². The molecule has 2 aromatic carbocycles. The monoisotopic (exact) mass is 260 g/mol. The van der Waals surface area contributed by atoms with E-state index in [0.717, 1.165) is 0 Å². The smallest absolute Gasteiger partial charge is 0.0490 e. The quantitative estimate of drug-likeness (QED) is 0.486. The zero-order chi connectivity index (χ0) is 13.7. The number of hydrogen-bond donors (Lipinski definition) is 2. The molecule has 98 valence electrons. The Labute approximate surface area is 117 Å². The second-order valence-corrected chi connectivity index (χ2v) is 5.45. The molecule has 0 radical (unpaired) electrons. The van der Waals surface area contributed by atoms with Crippen LogP contribution in [-0.2, 0) is 0 Å². The second kappa shape index (κ2) is 4.01. The number of aryl methyl sites for hydroxylation is 2. The Hall–Kier alpha value is -2.48. The topological polar surface area (TPSA) is 31.6 Å². The predicted octanol–water partition coefficient (Wildman–Crippen LogP) is 4.93. The van der Waals surface area contributed by atoms with Gasteiger partial charge in [0.25, 0.3) is 0 Å². The summed E-state index contributed by atoms with van der Waals surface area (Å²) < 4.78 is 0. The SMILES string of the molecule is Cc1ccc2[nH]c(-c3ccc4cc[nH]c4c3C)cc2c1. The number of hydrogen-bond acceptors (Lipinski definition) is 0. The summed E-state index contributed by atoms with van der Waals surface area (Å²) in [7, 11) is 0. The second-order valence-electron chi connectivity index (χ2n) is 5.45. The number of nitrogens with one attached hydrogen (secondary N) is 2. The molecule has 0 saturated carbocycles. The number of H-pyrrole nitrogens is 2. The van der Waals surface area contributed by atoms with E-state index in [1.807, 2.05) is 6.20 Å². The molecule has 0 aliphatic rings. The van der Waals surface area contributed by atoms with E-state index < -0.39 is 0 Å². The summed E-state index contributed by atoms with van der Waals surface area (Å²) in [5.74, 6) is 0. The maximum Gasteiger partial charge on any atom is 0.0490 e. The molecule has 0 aliphatic carbocycles. The Kier molecular flexibility index (Phi) is 2.27. The third-order valence-electron chi connectivity index (χ3n) is 4.05. The van der Waals surface area contributed by atoms with Gasteiger partial charge in [0.15, 0.2) is 0 Å². The predicted molar refractivity (Wildman–Crippen MR) is 85.1 cm³/mol. The molecule has 0 aliphatic heterocycles. The van der Waals surface area contributed by atoms with Crippen molar-refractivity contribution in [2.45, 2.75) is 13.8 Å². The summed E-state index contributed by atoms with van der Waals surface area (Å²) in [4.78, 5) is 6.85. The van der Waals surface area contributed by atoms with Crippen molar-refractivity contribution in [2.75, 3.05) is 0 Å². The summed E-state index contributed by atoms with van der Waals surface area (Å²) in [5.41, 5.74) is 7.43. The minimum atomic E-state index is 1.18. The first-order valence-corrected chi connectivity index (χ1v) is 6.89. The Morgan fingerprint density at radius 2 is 1.75 bits per heavy atom. The molecule has 0 fully saturated rings. The first-order chi connectivity index (χ1) is 9.72. The van der Waals surface area contributed by atoms with Crippen LogP contribution in [0.3, 0.4) is 0 Å². The lowest BCUT2D eigenvalue weighted by atomic mass is 10.0. The van der Waals surface area contributed by atoms with E-state index >= 15 is 0 Å². The summed E-state index contributed by atoms with van der Waals surface area (Å²) in [6.07, 6.45) is 2.00. The van der Waals surface area contributed by atoms with E-state index in [-0.39, 0.29) is 0 Å². The lowest BCUT2D eigenvalue weighted by Crippen LogP contribution is -1.84. The summed E-state index contributed by atoms with van der Waals surface area (Å²) in [6, 6.07) is 15.2. The lowest BCUT2D eigenvalue weighted by molar-refractivity contribution is 1.38. The minimum Gasteiger partial charge on any atom is -0.361 e. The normalized spacial score (nSPS) is 11.5. The molecule has 4 rings (SSSR count). The Balaban J connectivity index is 1.98. The maximum absolute atomic E-state index is 3.52. The van der Waals surface area contributed by atoms with Gasteiger partial charge in [0, 0.05) is 33.9 Å². The summed E-state index contributed by atoms with van der Waals surface area (Å²) >= 11 is 0. The fraction of sp³-hybridized carbons (Fsp3) is 0.111. The highest BCUT2D eigenvalue weighted by atomic mass is 14.7. The van der Waals surface area contributed by atoms with E-state index in [9.17, 15) is 0 Å². The highest BCUT2D eigenvalue weighted by Gasteiger charge is 2.09. The molecule has 2 nitrogen and oxygen atoms in total. The van der Waals surface area contributed by atoms with Crippen molar-refractivity contribution in [2.24, 2.45) is 0 Å². The number of aromatic nitrogens is 2. The van der Waals surface area contributed by atoms with Gasteiger partial charge in [-0.05, 0) is 49.1 Å². The van der Waals surface area contributed by atoms with Crippen LogP contribution in [-0.4, -0.2) is 9.97 Å². The van der Waals surface area contributed by atoms with Crippen LogP contribution in [0.1, 0.15) is 11.1 Å². The van der Waals surface area contributed by atoms with Gasteiger partial charge in [-0.15, -0.1) is 0 Å². The third-order valence-corrected chi connectivity index (χ3v) is 4.05. The molecule has 0 bridgehead atoms. The first kappa shape index (κ1) is 11.4. The van der Waals surface area contributed by atoms with Gasteiger partial charge in [-0.2, -0.15) is 0 Å². The molecular weight excluding hydrogens is 244 g/mol. The maximum atomic E-state index is 3.52. The van der Waals surface area contributed by atoms with Crippen LogP contribution in [0.4, 0.5) is 0 Å². The number of aromatic amines is 2.